The van der Waals surface area contributed by atoms with Crippen LogP contribution in [0.3, 0.4) is 0 Å². The van der Waals surface area contributed by atoms with Crippen molar-refractivity contribution in [3.63, 3.8) is 0 Å². The average molecular weight is 430 g/mol. The molecule has 1 aliphatic rings. The van der Waals surface area contributed by atoms with Crippen LogP contribution < -0.4 is 4.74 Å². The van der Waals surface area contributed by atoms with Crippen LogP contribution in [-0.4, -0.2) is 37.7 Å². The fourth-order valence-electron chi connectivity index (χ4n) is 4.44. The van der Waals surface area contributed by atoms with Crippen molar-refractivity contribution in [2.45, 2.75) is 31.7 Å². The number of aryl methyl sites for hydroxylation is 1. The molecule has 0 amide bonds. The largest absolute Gasteiger partial charge is 0.494 e. The minimum Gasteiger partial charge on any atom is -0.494 e. The molecule has 1 heterocycles. The lowest BCUT2D eigenvalue weighted by Gasteiger charge is -2.37. The average Bonchev–Trinajstić information content (AvgIpc) is 2.86. The molecule has 1 aliphatic heterocycles. The lowest BCUT2D eigenvalue weighted by Crippen LogP contribution is -2.37. The molecule has 0 saturated carbocycles. The quantitative estimate of drug-likeness (QED) is 0.346. The number of esters is 1. The van der Waals surface area contributed by atoms with Crippen LogP contribution in [0.5, 0.6) is 5.75 Å². The number of hydrogen-bond donors (Lipinski definition) is 0. The van der Waals surface area contributed by atoms with Crippen LogP contribution in [0, 0.1) is 0 Å². The minimum absolute atomic E-state index is 0.181. The smallest absolute Gasteiger partial charge is 0.305 e. The molecule has 1 atom stereocenters. The van der Waals surface area contributed by atoms with Gasteiger partial charge >= 0.3 is 5.97 Å². The standard InChI is InChI=1S/C28H31NO3/c1-31-27(30)17-14-22-12-15-25(16-13-22)32-21-7-19-29-20-18-23-8-5-6-11-26(23)28(29)24-9-3-2-4-10-24/h2-6,8-13,15-16,28H,7,14,17-21H2,1H3/t28-/m0/s1. The zero-order chi connectivity index (χ0) is 22.2. The SMILES string of the molecule is COC(=O)CCc1ccc(OCCCN2CCc3ccccc3[C@@H]2c2ccccc2)cc1. The highest BCUT2D eigenvalue weighted by atomic mass is 16.5. The zero-order valence-electron chi connectivity index (χ0n) is 18.7. The molecule has 3 aromatic rings. The van der Waals surface area contributed by atoms with Gasteiger partial charge in [-0.2, -0.15) is 0 Å². The van der Waals surface area contributed by atoms with Crippen molar-refractivity contribution < 1.29 is 14.3 Å². The summed E-state index contributed by atoms with van der Waals surface area (Å²) in [5, 5.41) is 0. The molecule has 0 saturated heterocycles. The van der Waals surface area contributed by atoms with Crippen molar-refractivity contribution in [2.24, 2.45) is 0 Å². The molecule has 166 valence electrons. The molecular formula is C28H31NO3. The normalized spacial score (nSPS) is 15.7. The molecule has 4 rings (SSSR count). The summed E-state index contributed by atoms with van der Waals surface area (Å²) in [6, 6.07) is 27.9. The Labute approximate surface area is 190 Å². The zero-order valence-corrected chi connectivity index (χ0v) is 18.7. The Balaban J connectivity index is 1.32. The first-order chi connectivity index (χ1) is 15.7. The molecular weight excluding hydrogens is 398 g/mol. The van der Waals surface area contributed by atoms with Crippen molar-refractivity contribution in [3.8, 4) is 5.75 Å². The highest BCUT2D eigenvalue weighted by Crippen LogP contribution is 2.35. The molecule has 3 aromatic carbocycles. The first-order valence-corrected chi connectivity index (χ1v) is 11.4. The third kappa shape index (κ3) is 5.57. The van der Waals surface area contributed by atoms with Gasteiger partial charge in [0.15, 0.2) is 0 Å². The van der Waals surface area contributed by atoms with Crippen LogP contribution in [0.15, 0.2) is 78.9 Å². The fourth-order valence-corrected chi connectivity index (χ4v) is 4.44. The number of ether oxygens (including phenoxy) is 2. The van der Waals surface area contributed by atoms with Gasteiger partial charge < -0.3 is 9.47 Å². The van der Waals surface area contributed by atoms with E-state index in [9.17, 15) is 4.79 Å². The summed E-state index contributed by atoms with van der Waals surface area (Å²) in [6.45, 7) is 2.73. The number of methoxy groups -OCH3 is 1. The second-order valence-corrected chi connectivity index (χ2v) is 8.22. The second kappa shape index (κ2) is 11.0. The van der Waals surface area contributed by atoms with Gasteiger partial charge in [-0.1, -0.05) is 66.7 Å². The molecule has 4 nitrogen and oxygen atoms in total. The van der Waals surface area contributed by atoms with Crippen molar-refractivity contribution in [2.75, 3.05) is 26.8 Å². The van der Waals surface area contributed by atoms with Gasteiger partial charge in [0.25, 0.3) is 0 Å². The second-order valence-electron chi connectivity index (χ2n) is 8.22. The summed E-state index contributed by atoms with van der Waals surface area (Å²) in [5.74, 6) is 0.690. The Bertz CT molecular complexity index is 1000. The number of hydrogen-bond acceptors (Lipinski definition) is 4. The summed E-state index contributed by atoms with van der Waals surface area (Å²) >= 11 is 0. The number of nitrogens with zero attached hydrogens (tertiary/aromatic N) is 1. The summed E-state index contributed by atoms with van der Waals surface area (Å²) in [6.07, 6.45) is 3.14. The molecule has 4 heteroatoms. The molecule has 0 radical (unpaired) electrons. The third-order valence-electron chi connectivity index (χ3n) is 6.13. The highest BCUT2D eigenvalue weighted by Gasteiger charge is 2.27. The van der Waals surface area contributed by atoms with Crippen LogP contribution in [0.2, 0.25) is 0 Å². The summed E-state index contributed by atoms with van der Waals surface area (Å²) in [5.41, 5.74) is 5.35. The van der Waals surface area contributed by atoms with Crippen LogP contribution >= 0.6 is 0 Å². The van der Waals surface area contributed by atoms with Crippen LogP contribution in [0.25, 0.3) is 0 Å². The van der Waals surface area contributed by atoms with Gasteiger partial charge in [0.2, 0.25) is 0 Å². The van der Waals surface area contributed by atoms with Crippen molar-refractivity contribution in [1.29, 1.82) is 0 Å². The van der Waals surface area contributed by atoms with Crippen LogP contribution in [0.1, 0.15) is 41.1 Å². The Morgan fingerprint density at radius 3 is 2.50 bits per heavy atom. The van der Waals surface area contributed by atoms with Gasteiger partial charge in [-0.3, -0.25) is 9.69 Å². The van der Waals surface area contributed by atoms with Crippen molar-refractivity contribution in [1.82, 2.24) is 4.90 Å². The Kier molecular flexibility index (Phi) is 7.57. The van der Waals surface area contributed by atoms with E-state index < -0.39 is 0 Å². The molecule has 32 heavy (non-hydrogen) atoms. The first kappa shape index (κ1) is 22.1. The summed E-state index contributed by atoms with van der Waals surface area (Å²) < 4.78 is 10.7. The number of carbonyl (C=O) groups excluding carboxylic acids is 1. The van der Waals surface area contributed by atoms with Gasteiger partial charge in [0, 0.05) is 19.5 Å². The minimum atomic E-state index is -0.181. The maximum absolute atomic E-state index is 11.3. The van der Waals surface area contributed by atoms with E-state index in [1.54, 1.807) is 0 Å². The molecule has 0 N–H and O–H groups in total. The third-order valence-corrected chi connectivity index (χ3v) is 6.13. The number of fused-ring (bicyclic) bond motifs is 1. The number of rotatable bonds is 9. The summed E-state index contributed by atoms with van der Waals surface area (Å²) in [4.78, 5) is 13.9. The van der Waals surface area contributed by atoms with Crippen LogP contribution in [-0.2, 0) is 22.4 Å². The van der Waals surface area contributed by atoms with Crippen LogP contribution in [0.4, 0.5) is 0 Å². The van der Waals surface area contributed by atoms with Gasteiger partial charge in [-0.05, 0) is 53.6 Å². The molecule has 0 fully saturated rings. The lowest BCUT2D eigenvalue weighted by atomic mass is 9.88. The molecule has 0 spiro atoms. The number of carbonyl (C=O) groups is 1. The van der Waals surface area contributed by atoms with E-state index in [1.165, 1.54) is 23.8 Å². The lowest BCUT2D eigenvalue weighted by molar-refractivity contribution is -0.140. The van der Waals surface area contributed by atoms with Gasteiger partial charge in [0.1, 0.15) is 5.75 Å². The molecule has 0 bridgehead atoms. The maximum atomic E-state index is 11.3. The molecule has 0 unspecified atom stereocenters. The fraction of sp³-hybridized carbons (Fsp3) is 0.321. The van der Waals surface area contributed by atoms with Gasteiger partial charge in [0.05, 0.1) is 19.8 Å². The van der Waals surface area contributed by atoms with E-state index >= 15 is 0 Å². The van der Waals surface area contributed by atoms with E-state index in [0.29, 0.717) is 25.5 Å². The van der Waals surface area contributed by atoms with Crippen molar-refractivity contribution in [3.05, 3.63) is 101 Å². The predicted octanol–water partition coefficient (Wildman–Crippen LogP) is 5.21. The van der Waals surface area contributed by atoms with E-state index in [2.05, 4.69) is 59.5 Å². The Morgan fingerprint density at radius 1 is 0.969 bits per heavy atom. The number of benzene rings is 3. The monoisotopic (exact) mass is 429 g/mol. The summed E-state index contributed by atoms with van der Waals surface area (Å²) in [7, 11) is 1.42. The van der Waals surface area contributed by atoms with Gasteiger partial charge in [-0.25, -0.2) is 0 Å². The highest BCUT2D eigenvalue weighted by molar-refractivity contribution is 5.69. The predicted molar refractivity (Wildman–Crippen MR) is 127 cm³/mol. The topological polar surface area (TPSA) is 38.8 Å². The van der Waals surface area contributed by atoms with E-state index in [-0.39, 0.29) is 5.97 Å². The van der Waals surface area contributed by atoms with E-state index in [0.717, 1.165) is 37.2 Å². The maximum Gasteiger partial charge on any atom is 0.305 e. The van der Waals surface area contributed by atoms with E-state index in [1.807, 2.05) is 24.3 Å². The molecule has 0 aromatic heterocycles. The Morgan fingerprint density at radius 2 is 1.72 bits per heavy atom. The van der Waals surface area contributed by atoms with Crippen molar-refractivity contribution >= 4 is 5.97 Å². The first-order valence-electron chi connectivity index (χ1n) is 11.4. The molecule has 0 aliphatic carbocycles. The van der Waals surface area contributed by atoms with Gasteiger partial charge in [-0.15, -0.1) is 0 Å². The Hall–Kier alpha value is -3.11. The van der Waals surface area contributed by atoms with E-state index in [4.69, 9.17) is 9.47 Å².